The van der Waals surface area contributed by atoms with Crippen LogP contribution in [0.15, 0.2) is 30.3 Å². The van der Waals surface area contributed by atoms with E-state index in [4.69, 9.17) is 22.3 Å². The lowest BCUT2D eigenvalue weighted by Crippen LogP contribution is -2.08. The number of allylic oxidation sites excluding steroid dienone is 1. The summed E-state index contributed by atoms with van der Waals surface area (Å²) in [6.07, 6.45) is 9.26. The Kier molecular flexibility index (Phi) is 10.4. The normalized spacial score (nSPS) is 10.3. The van der Waals surface area contributed by atoms with Crippen molar-refractivity contribution in [1.82, 2.24) is 0 Å². The zero-order valence-corrected chi connectivity index (χ0v) is 15.8. The minimum absolute atomic E-state index is 0. The molecule has 1 heterocycles. The highest BCUT2D eigenvalue weighted by atomic mass is 35.5. The smallest absolute Gasteiger partial charge is 0.133 e. The van der Waals surface area contributed by atoms with Crippen LogP contribution >= 0.6 is 36.2 Å². The lowest BCUT2D eigenvalue weighted by molar-refractivity contribution is 0.704. The second-order valence-electron chi connectivity index (χ2n) is 5.31. The van der Waals surface area contributed by atoms with E-state index in [0.717, 1.165) is 40.6 Å². The zero-order chi connectivity index (χ0) is 15.9. The minimum atomic E-state index is 0. The van der Waals surface area contributed by atoms with Crippen LogP contribution in [0.3, 0.4) is 0 Å². The average Bonchev–Trinajstić information content (AvgIpc) is 2.91. The van der Waals surface area contributed by atoms with Gasteiger partial charge in [-0.25, -0.2) is 0 Å². The van der Waals surface area contributed by atoms with Crippen molar-refractivity contribution in [3.05, 3.63) is 40.8 Å². The van der Waals surface area contributed by atoms with Gasteiger partial charge in [0.15, 0.2) is 0 Å². The number of amidine groups is 2. The van der Waals surface area contributed by atoms with Crippen molar-refractivity contribution in [3.63, 3.8) is 0 Å². The number of halogens is 2. The molecule has 0 unspecified atom stereocenters. The van der Waals surface area contributed by atoms with E-state index in [2.05, 4.69) is 24.3 Å². The quantitative estimate of drug-likeness (QED) is 0.293. The second-order valence-corrected chi connectivity index (χ2v) is 6.39. The van der Waals surface area contributed by atoms with Crippen molar-refractivity contribution >= 4 is 64.0 Å². The van der Waals surface area contributed by atoms with E-state index in [1.165, 1.54) is 5.56 Å². The molecule has 0 bridgehead atoms. The third-order valence-corrected chi connectivity index (χ3v) is 4.61. The van der Waals surface area contributed by atoms with Gasteiger partial charge in [-0.2, -0.15) is 0 Å². The third kappa shape index (κ3) is 6.51. The maximum Gasteiger partial charge on any atom is 0.133 e. The van der Waals surface area contributed by atoms with Crippen LogP contribution in [0.1, 0.15) is 42.5 Å². The summed E-state index contributed by atoms with van der Waals surface area (Å²) in [6, 6.07) is 8.18. The summed E-state index contributed by atoms with van der Waals surface area (Å²) < 4.78 is 1.16. The number of fused-ring (bicyclic) bond motifs is 1. The Balaban J connectivity index is 0.00000264. The molecule has 132 valence electrons. The van der Waals surface area contributed by atoms with E-state index >= 15 is 0 Å². The SMILES string of the molecule is Cl.Cl.N=C(N)CCCCCC=Cc1cccc2sc(C(=N)N)cc12. The number of hydrogen-bond donors (Lipinski definition) is 4. The van der Waals surface area contributed by atoms with Gasteiger partial charge in [-0.1, -0.05) is 30.7 Å². The number of nitrogen functional groups attached to an aromatic ring is 1. The molecule has 0 aliphatic rings. The molecule has 0 fully saturated rings. The summed E-state index contributed by atoms with van der Waals surface area (Å²) in [5, 5.41) is 15.9. The predicted molar refractivity (Wildman–Crippen MR) is 111 cm³/mol. The molecule has 0 amide bonds. The number of hydrogen-bond acceptors (Lipinski definition) is 3. The van der Waals surface area contributed by atoms with Crippen LogP contribution < -0.4 is 11.5 Å². The van der Waals surface area contributed by atoms with Crippen LogP contribution in [0, 0.1) is 10.8 Å². The maximum absolute atomic E-state index is 7.55. The molecule has 4 nitrogen and oxygen atoms in total. The first kappa shape index (κ1) is 22.4. The van der Waals surface area contributed by atoms with Gasteiger partial charge in [0.25, 0.3) is 0 Å². The largest absolute Gasteiger partial charge is 0.388 e. The molecule has 1 aromatic heterocycles. The van der Waals surface area contributed by atoms with Gasteiger partial charge in [-0.15, -0.1) is 36.2 Å². The Morgan fingerprint density at radius 2 is 1.83 bits per heavy atom. The molecular weight excluding hydrogens is 363 g/mol. The molecule has 0 atom stereocenters. The average molecular weight is 387 g/mol. The number of benzene rings is 1. The molecule has 0 saturated heterocycles. The lowest BCUT2D eigenvalue weighted by atomic mass is 10.1. The fourth-order valence-electron chi connectivity index (χ4n) is 2.33. The summed E-state index contributed by atoms with van der Waals surface area (Å²) in [7, 11) is 0. The Morgan fingerprint density at radius 3 is 2.50 bits per heavy atom. The third-order valence-electron chi connectivity index (χ3n) is 3.47. The number of unbranched alkanes of at least 4 members (excludes halogenated alkanes) is 3. The molecule has 0 saturated carbocycles. The summed E-state index contributed by atoms with van der Waals surface area (Å²) >= 11 is 1.56. The molecule has 7 heteroatoms. The van der Waals surface area contributed by atoms with Gasteiger partial charge in [0.05, 0.1) is 10.7 Å². The van der Waals surface area contributed by atoms with Crippen LogP contribution in [0.4, 0.5) is 0 Å². The lowest BCUT2D eigenvalue weighted by Gasteiger charge is -1.98. The van der Waals surface area contributed by atoms with Crippen molar-refractivity contribution in [3.8, 4) is 0 Å². The molecule has 6 N–H and O–H groups in total. The Bertz CT molecular complexity index is 710. The molecular formula is C17H24Cl2N4S. The molecule has 2 aromatic rings. The Morgan fingerprint density at radius 1 is 1.08 bits per heavy atom. The van der Waals surface area contributed by atoms with Crippen LogP contribution in [-0.2, 0) is 0 Å². The van der Waals surface area contributed by atoms with Crippen LogP contribution in [0.5, 0.6) is 0 Å². The first-order chi connectivity index (χ1) is 10.6. The highest BCUT2D eigenvalue weighted by Crippen LogP contribution is 2.29. The van der Waals surface area contributed by atoms with Crippen molar-refractivity contribution in [2.45, 2.75) is 32.1 Å². The van der Waals surface area contributed by atoms with E-state index in [0.29, 0.717) is 6.42 Å². The molecule has 0 aliphatic heterocycles. The fraction of sp³-hybridized carbons (Fsp3) is 0.294. The number of thiophene rings is 1. The molecule has 1 aromatic carbocycles. The monoisotopic (exact) mass is 386 g/mol. The molecule has 2 rings (SSSR count). The van der Waals surface area contributed by atoms with E-state index in [-0.39, 0.29) is 36.5 Å². The fourth-order valence-corrected chi connectivity index (χ4v) is 3.28. The summed E-state index contributed by atoms with van der Waals surface area (Å²) in [6.45, 7) is 0. The zero-order valence-electron chi connectivity index (χ0n) is 13.4. The van der Waals surface area contributed by atoms with Gasteiger partial charge < -0.3 is 11.5 Å². The van der Waals surface area contributed by atoms with Gasteiger partial charge in [0.1, 0.15) is 5.84 Å². The Hall–Kier alpha value is -1.56. The number of rotatable bonds is 8. The maximum atomic E-state index is 7.55. The van der Waals surface area contributed by atoms with Crippen molar-refractivity contribution < 1.29 is 0 Å². The number of nitrogens with one attached hydrogen (secondary N) is 2. The van der Waals surface area contributed by atoms with Crippen molar-refractivity contribution in [1.29, 1.82) is 10.8 Å². The minimum Gasteiger partial charge on any atom is -0.388 e. The highest BCUT2D eigenvalue weighted by molar-refractivity contribution is 7.20. The molecule has 0 spiro atoms. The van der Waals surface area contributed by atoms with Crippen LogP contribution in [0.2, 0.25) is 0 Å². The molecule has 0 radical (unpaired) electrons. The summed E-state index contributed by atoms with van der Waals surface area (Å²) in [5.41, 5.74) is 12.1. The van der Waals surface area contributed by atoms with Gasteiger partial charge in [0.2, 0.25) is 0 Å². The highest BCUT2D eigenvalue weighted by Gasteiger charge is 2.06. The second kappa shape index (κ2) is 11.1. The molecule has 24 heavy (non-hydrogen) atoms. The van der Waals surface area contributed by atoms with Gasteiger partial charge >= 0.3 is 0 Å². The number of nitrogens with two attached hydrogens (primary N) is 2. The van der Waals surface area contributed by atoms with Crippen molar-refractivity contribution in [2.24, 2.45) is 11.5 Å². The van der Waals surface area contributed by atoms with E-state index in [1.54, 1.807) is 11.3 Å². The first-order valence-corrected chi connectivity index (χ1v) is 8.26. The van der Waals surface area contributed by atoms with E-state index in [9.17, 15) is 0 Å². The summed E-state index contributed by atoms with van der Waals surface area (Å²) in [5.74, 6) is 0.405. The van der Waals surface area contributed by atoms with Gasteiger partial charge in [-0.05, 0) is 37.0 Å². The van der Waals surface area contributed by atoms with E-state index in [1.807, 2.05) is 12.1 Å². The summed E-state index contributed by atoms with van der Waals surface area (Å²) in [4.78, 5) is 0.820. The van der Waals surface area contributed by atoms with E-state index < -0.39 is 0 Å². The Labute approximate surface area is 159 Å². The first-order valence-electron chi connectivity index (χ1n) is 7.44. The van der Waals surface area contributed by atoms with Gasteiger partial charge in [0, 0.05) is 16.5 Å². The van der Waals surface area contributed by atoms with Crippen molar-refractivity contribution in [2.75, 3.05) is 0 Å². The standard InChI is InChI=1S/C17H22N4S.2ClH/c18-16(19)10-5-3-1-2-4-7-12-8-6-9-14-13(12)11-15(22-14)17(20)21;;/h4,6-9,11H,1-3,5,10H2,(H3,18,19)(H3,20,21);2*1H. The van der Waals surface area contributed by atoms with Crippen LogP contribution in [-0.4, -0.2) is 11.7 Å². The topological polar surface area (TPSA) is 99.7 Å². The van der Waals surface area contributed by atoms with Gasteiger partial charge in [-0.3, -0.25) is 10.8 Å². The predicted octanol–water partition coefficient (Wildman–Crippen LogP) is 4.93. The van der Waals surface area contributed by atoms with Crippen LogP contribution in [0.25, 0.3) is 16.2 Å². The molecule has 0 aliphatic carbocycles.